The lowest BCUT2D eigenvalue weighted by Gasteiger charge is -2.10. The monoisotopic (exact) mass is 440 g/mol. The molecule has 0 aliphatic heterocycles. The number of esters is 1. The van der Waals surface area contributed by atoms with Gasteiger partial charge in [0.2, 0.25) is 5.91 Å². The van der Waals surface area contributed by atoms with Crippen molar-refractivity contribution in [1.82, 2.24) is 9.47 Å². The number of rotatable bonds is 6. The van der Waals surface area contributed by atoms with E-state index in [1.54, 1.807) is 34.2 Å². The molecular weight excluding hydrogens is 416 g/mol. The number of methoxy groups -OCH3 is 1. The van der Waals surface area contributed by atoms with E-state index in [1.807, 2.05) is 36.4 Å². The van der Waals surface area contributed by atoms with Gasteiger partial charge in [-0.1, -0.05) is 30.3 Å². The number of benzene rings is 2. The summed E-state index contributed by atoms with van der Waals surface area (Å²) in [7, 11) is 4.80. The van der Waals surface area contributed by atoms with Gasteiger partial charge in [0, 0.05) is 19.7 Å². The fourth-order valence-electron chi connectivity index (χ4n) is 3.09. The predicted octanol–water partition coefficient (Wildman–Crippen LogP) is 1.33. The Balaban J connectivity index is 2.28. The summed E-state index contributed by atoms with van der Waals surface area (Å²) in [5, 5.41) is 1.94. The number of carbonyl (C=O) groups excluding carboxylic acids is 2. The summed E-state index contributed by atoms with van der Waals surface area (Å²) in [5.41, 5.74) is 0.401. The third-order valence-electron chi connectivity index (χ3n) is 4.68. The first-order valence-corrected chi connectivity index (χ1v) is 10.5. The summed E-state index contributed by atoms with van der Waals surface area (Å²) in [6, 6.07) is 11.6. The van der Waals surface area contributed by atoms with Gasteiger partial charge >= 0.3 is 5.97 Å². The van der Waals surface area contributed by atoms with Crippen molar-refractivity contribution >= 4 is 46.1 Å². The number of hydrogen-bond acceptors (Lipinski definition) is 6. The van der Waals surface area contributed by atoms with Crippen molar-refractivity contribution < 1.29 is 19.1 Å². The molecule has 0 N–H and O–H groups in total. The predicted molar refractivity (Wildman–Crippen MR) is 122 cm³/mol. The molecule has 0 radical (unpaired) electrons. The highest BCUT2D eigenvalue weighted by atomic mass is 32.1. The largest absolute Gasteiger partial charge is 0.496 e. The summed E-state index contributed by atoms with van der Waals surface area (Å²) in [6.45, 7) is 1.75. The first-order chi connectivity index (χ1) is 14.8. The van der Waals surface area contributed by atoms with Crippen molar-refractivity contribution in [2.45, 2.75) is 13.5 Å². The van der Waals surface area contributed by atoms with Gasteiger partial charge in [0.1, 0.15) is 17.0 Å². The average Bonchev–Trinajstić information content (AvgIpc) is 3.02. The van der Waals surface area contributed by atoms with E-state index in [9.17, 15) is 14.4 Å². The average molecular weight is 441 g/mol. The van der Waals surface area contributed by atoms with Crippen LogP contribution in [0.4, 0.5) is 0 Å². The molecule has 0 unspecified atom stereocenters. The van der Waals surface area contributed by atoms with E-state index in [-0.39, 0.29) is 24.6 Å². The van der Waals surface area contributed by atoms with Crippen LogP contribution in [0.5, 0.6) is 5.75 Å². The van der Waals surface area contributed by atoms with Crippen LogP contribution in [0.2, 0.25) is 0 Å². The van der Waals surface area contributed by atoms with Gasteiger partial charge in [-0.05, 0) is 29.8 Å². The van der Waals surface area contributed by atoms with Crippen LogP contribution in [-0.2, 0) is 20.9 Å². The molecule has 0 bridgehead atoms. The van der Waals surface area contributed by atoms with E-state index in [0.29, 0.717) is 14.9 Å². The van der Waals surface area contributed by atoms with E-state index in [1.165, 1.54) is 15.5 Å². The number of aromatic nitrogens is 1. The first kappa shape index (κ1) is 22.3. The lowest BCUT2D eigenvalue weighted by molar-refractivity contribution is -0.135. The molecule has 0 fully saturated rings. The fraction of sp³-hybridized carbons (Fsp3) is 0.261. The summed E-state index contributed by atoms with van der Waals surface area (Å²) in [4.78, 5) is 38.9. The number of hydrogen-bond donors (Lipinski definition) is 0. The topological polar surface area (TPSA) is 77.8 Å². The Morgan fingerprint density at radius 2 is 1.90 bits per heavy atom. The van der Waals surface area contributed by atoms with E-state index >= 15 is 0 Å². The normalized spacial score (nSPS) is 12.3. The van der Waals surface area contributed by atoms with Gasteiger partial charge in [0.05, 0.1) is 24.3 Å². The molecule has 3 rings (SSSR count). The highest BCUT2D eigenvalue weighted by Gasteiger charge is 2.13. The smallest absolute Gasteiger partial charge is 0.333 e. The standard InChI is InChI=1S/C23H24N2O5S/c1-5-30-22(27)13-21-25(14-20(26)24(2)3)23(28)19(31-21)12-17-16-9-7-6-8-15(16)10-11-18(17)29-4/h6-13H,5,14H2,1-4H3/b19-12-,21-13-. The van der Waals surface area contributed by atoms with E-state index in [2.05, 4.69) is 0 Å². The highest BCUT2D eigenvalue weighted by molar-refractivity contribution is 7.07. The van der Waals surface area contributed by atoms with Gasteiger partial charge in [0.25, 0.3) is 5.56 Å². The maximum absolute atomic E-state index is 13.2. The molecule has 7 nitrogen and oxygen atoms in total. The van der Waals surface area contributed by atoms with Gasteiger partial charge in [0.15, 0.2) is 0 Å². The molecule has 0 aliphatic carbocycles. The second kappa shape index (κ2) is 9.61. The molecule has 0 aliphatic rings. The zero-order chi connectivity index (χ0) is 22.5. The van der Waals surface area contributed by atoms with Crippen LogP contribution >= 0.6 is 11.3 Å². The van der Waals surface area contributed by atoms with Crippen LogP contribution in [0.1, 0.15) is 12.5 Å². The molecule has 162 valence electrons. The van der Waals surface area contributed by atoms with Crippen molar-refractivity contribution in [3.63, 3.8) is 0 Å². The van der Waals surface area contributed by atoms with Gasteiger partial charge in [-0.15, -0.1) is 11.3 Å². The van der Waals surface area contributed by atoms with Gasteiger partial charge in [-0.3, -0.25) is 14.2 Å². The fourth-order valence-corrected chi connectivity index (χ4v) is 4.10. The highest BCUT2D eigenvalue weighted by Crippen LogP contribution is 2.28. The maximum atomic E-state index is 13.2. The Morgan fingerprint density at radius 3 is 2.58 bits per heavy atom. The van der Waals surface area contributed by atoms with E-state index in [4.69, 9.17) is 9.47 Å². The minimum absolute atomic E-state index is 0.173. The van der Waals surface area contributed by atoms with Crippen molar-refractivity contribution in [3.8, 4) is 5.75 Å². The molecule has 0 spiro atoms. The minimum Gasteiger partial charge on any atom is -0.496 e. The molecular formula is C23H24N2O5S. The summed E-state index contributed by atoms with van der Waals surface area (Å²) < 4.78 is 12.5. The third-order valence-corrected chi connectivity index (χ3v) is 5.74. The van der Waals surface area contributed by atoms with Gasteiger partial charge in [-0.25, -0.2) is 4.79 Å². The van der Waals surface area contributed by atoms with Crippen LogP contribution < -0.4 is 19.5 Å². The van der Waals surface area contributed by atoms with E-state index in [0.717, 1.165) is 27.7 Å². The summed E-state index contributed by atoms with van der Waals surface area (Å²) in [5.74, 6) is -0.199. The van der Waals surface area contributed by atoms with Crippen LogP contribution in [0.15, 0.2) is 41.2 Å². The van der Waals surface area contributed by atoms with Gasteiger partial charge < -0.3 is 14.4 Å². The Kier molecular flexibility index (Phi) is 6.91. The van der Waals surface area contributed by atoms with Crippen molar-refractivity contribution in [2.24, 2.45) is 0 Å². The second-order valence-electron chi connectivity index (χ2n) is 6.93. The van der Waals surface area contributed by atoms with Crippen molar-refractivity contribution in [2.75, 3.05) is 27.8 Å². The molecule has 0 saturated heterocycles. The SMILES string of the molecule is CCOC(=O)/C=c1\s/c(=C\c2c(OC)ccc3ccccc23)c(=O)n1CC(=O)N(C)C. The van der Waals surface area contributed by atoms with Crippen LogP contribution in [0, 0.1) is 0 Å². The van der Waals surface area contributed by atoms with Crippen molar-refractivity contribution in [1.29, 1.82) is 0 Å². The lowest BCUT2D eigenvalue weighted by Crippen LogP contribution is -2.38. The maximum Gasteiger partial charge on any atom is 0.333 e. The van der Waals surface area contributed by atoms with Crippen molar-refractivity contribution in [3.05, 3.63) is 61.5 Å². The number of amides is 1. The molecule has 2 aromatic carbocycles. The molecule has 0 atom stereocenters. The third kappa shape index (κ3) is 4.86. The Bertz CT molecular complexity index is 1300. The zero-order valence-corrected chi connectivity index (χ0v) is 18.7. The molecule has 1 heterocycles. The Labute approximate surface area is 183 Å². The number of ether oxygens (including phenoxy) is 2. The van der Waals surface area contributed by atoms with Crippen LogP contribution in [-0.4, -0.2) is 49.2 Å². The second-order valence-corrected chi connectivity index (χ2v) is 7.99. The van der Waals surface area contributed by atoms with Crippen LogP contribution in [0.25, 0.3) is 22.9 Å². The summed E-state index contributed by atoms with van der Waals surface area (Å²) in [6.07, 6.45) is 2.99. The minimum atomic E-state index is -0.566. The number of thiazole rings is 1. The van der Waals surface area contributed by atoms with Crippen LogP contribution in [0.3, 0.4) is 0 Å². The summed E-state index contributed by atoms with van der Waals surface area (Å²) >= 11 is 1.13. The lowest BCUT2D eigenvalue weighted by atomic mass is 10.0. The number of fused-ring (bicyclic) bond motifs is 1. The number of nitrogens with zero attached hydrogens (tertiary/aromatic N) is 2. The Hall–Kier alpha value is -3.39. The molecule has 8 heteroatoms. The first-order valence-electron chi connectivity index (χ1n) is 9.71. The molecule has 3 aromatic rings. The molecule has 1 amide bonds. The quantitative estimate of drug-likeness (QED) is 0.541. The molecule has 1 aromatic heterocycles. The number of carbonyl (C=O) groups is 2. The zero-order valence-electron chi connectivity index (χ0n) is 17.9. The molecule has 0 saturated carbocycles. The number of likely N-dealkylation sites (N-methyl/N-ethyl adjacent to an activating group) is 1. The molecule has 31 heavy (non-hydrogen) atoms. The van der Waals surface area contributed by atoms with Gasteiger partial charge in [-0.2, -0.15) is 0 Å². The van der Waals surface area contributed by atoms with E-state index < -0.39 is 5.97 Å². The Morgan fingerprint density at radius 1 is 1.16 bits per heavy atom.